The smallest absolute Gasteiger partial charge is 0.0622 e. The fraction of sp³-hybridized carbons (Fsp3) is 0. The van der Waals surface area contributed by atoms with E-state index < -0.39 is 0 Å². The van der Waals surface area contributed by atoms with E-state index in [1.165, 1.54) is 21.5 Å². The predicted octanol–water partition coefficient (Wildman–Crippen LogP) is 9.63. The van der Waals surface area contributed by atoms with Gasteiger partial charge in [-0.15, -0.1) is 0 Å². The number of hydrogen-bond acceptors (Lipinski definition) is 0. The largest absolute Gasteiger partial charge is 0.0623 e. The summed E-state index contributed by atoms with van der Waals surface area (Å²) in [5.74, 6) is 0. The van der Waals surface area contributed by atoms with Gasteiger partial charge in [0.05, 0.1) is 2.74 Å². The highest BCUT2D eigenvalue weighted by Crippen LogP contribution is 2.46. The van der Waals surface area contributed by atoms with Crippen molar-refractivity contribution in [1.82, 2.24) is 0 Å². The molecule has 0 unspecified atom stereocenters. The third-order valence-corrected chi connectivity index (χ3v) is 6.91. The van der Waals surface area contributed by atoms with Crippen molar-refractivity contribution < 1.29 is 2.74 Å². The highest BCUT2D eigenvalue weighted by atomic mass is 14.2. The summed E-state index contributed by atoms with van der Waals surface area (Å²) in [7, 11) is 0. The van der Waals surface area contributed by atoms with Gasteiger partial charge in [-0.3, -0.25) is 0 Å². The molecule has 0 N–H and O–H groups in total. The van der Waals surface area contributed by atoms with E-state index in [0.29, 0.717) is 12.1 Å². The van der Waals surface area contributed by atoms with Crippen LogP contribution in [0.1, 0.15) is 2.74 Å². The lowest BCUT2D eigenvalue weighted by molar-refractivity contribution is 1.67. The van der Waals surface area contributed by atoms with Gasteiger partial charge in [-0.05, 0) is 71.4 Å². The molecule has 0 saturated heterocycles. The Morgan fingerprint density at radius 3 is 1.68 bits per heavy atom. The van der Waals surface area contributed by atoms with Crippen molar-refractivity contribution in [3.05, 3.63) is 133 Å². The fourth-order valence-electron chi connectivity index (χ4n) is 5.47. The molecule has 34 heavy (non-hydrogen) atoms. The highest BCUT2D eigenvalue weighted by Gasteiger charge is 2.18. The van der Waals surface area contributed by atoms with Gasteiger partial charge in [0.25, 0.3) is 0 Å². The first kappa shape index (κ1) is 17.1. The Kier molecular flexibility index (Phi) is 3.81. The van der Waals surface area contributed by atoms with Gasteiger partial charge in [-0.1, -0.05) is 127 Å². The molecule has 0 bridgehead atoms. The molecule has 7 aromatic rings. The monoisotopic (exact) mass is 432 g/mol. The third kappa shape index (κ3) is 2.79. The van der Waals surface area contributed by atoms with E-state index in [1.54, 1.807) is 0 Å². The summed E-state index contributed by atoms with van der Waals surface area (Å²) >= 11 is 0. The average molecular weight is 433 g/mol. The van der Waals surface area contributed by atoms with Crippen molar-refractivity contribution in [3.8, 4) is 22.3 Å². The SMILES string of the molecule is [2H]c1ccc2c(-c3cc4ccccc4c4ccccc34)c3cc([2H])ccc3c(-c3ccccc3)c2c1. The van der Waals surface area contributed by atoms with E-state index in [-0.39, 0.29) is 0 Å². The normalized spacial score (nSPS) is 12.4. The first-order valence-electron chi connectivity index (χ1n) is 12.6. The molecule has 158 valence electrons. The minimum absolute atomic E-state index is 0.490. The summed E-state index contributed by atoms with van der Waals surface area (Å²) in [6.45, 7) is 0. The molecule has 0 saturated carbocycles. The molecule has 0 radical (unpaired) electrons. The van der Waals surface area contributed by atoms with Crippen LogP contribution in [0.3, 0.4) is 0 Å². The van der Waals surface area contributed by atoms with Crippen LogP contribution < -0.4 is 0 Å². The molecule has 0 heteroatoms. The topological polar surface area (TPSA) is 0 Å². The third-order valence-electron chi connectivity index (χ3n) is 6.91. The summed E-state index contributed by atoms with van der Waals surface area (Å²) in [5.41, 5.74) is 4.51. The minimum atomic E-state index is 0.490. The molecule has 0 atom stereocenters. The molecule has 0 aromatic heterocycles. The number of benzene rings is 7. The molecular weight excluding hydrogens is 408 g/mol. The zero-order valence-corrected chi connectivity index (χ0v) is 18.5. The maximum Gasteiger partial charge on any atom is 0.0623 e. The molecule has 0 aliphatic rings. The van der Waals surface area contributed by atoms with Crippen molar-refractivity contribution in [2.45, 2.75) is 0 Å². The van der Waals surface area contributed by atoms with Gasteiger partial charge in [-0.2, -0.15) is 0 Å². The Morgan fingerprint density at radius 2 is 0.912 bits per heavy atom. The molecule has 7 aromatic carbocycles. The molecule has 0 heterocycles. The van der Waals surface area contributed by atoms with Crippen molar-refractivity contribution in [3.63, 3.8) is 0 Å². The zero-order valence-electron chi connectivity index (χ0n) is 20.5. The number of fused-ring (bicyclic) bond motifs is 5. The average Bonchev–Trinajstić information content (AvgIpc) is 2.92. The Morgan fingerprint density at radius 1 is 0.382 bits per heavy atom. The van der Waals surface area contributed by atoms with Gasteiger partial charge in [0, 0.05) is 0 Å². The van der Waals surface area contributed by atoms with Crippen LogP contribution in [-0.4, -0.2) is 0 Å². The second kappa shape index (κ2) is 7.57. The molecule has 0 aliphatic carbocycles. The van der Waals surface area contributed by atoms with Crippen molar-refractivity contribution in [2.24, 2.45) is 0 Å². The van der Waals surface area contributed by atoms with Gasteiger partial charge in [0.1, 0.15) is 0 Å². The van der Waals surface area contributed by atoms with E-state index in [9.17, 15) is 0 Å². The van der Waals surface area contributed by atoms with Crippen LogP contribution in [0.25, 0.3) is 65.3 Å². The van der Waals surface area contributed by atoms with E-state index in [0.717, 1.165) is 43.8 Å². The molecule has 0 nitrogen and oxygen atoms in total. The van der Waals surface area contributed by atoms with E-state index in [1.807, 2.05) is 30.3 Å². The predicted molar refractivity (Wildman–Crippen MR) is 147 cm³/mol. The van der Waals surface area contributed by atoms with Crippen LogP contribution in [-0.2, 0) is 0 Å². The maximum absolute atomic E-state index is 8.52. The summed E-state index contributed by atoms with van der Waals surface area (Å²) in [6.07, 6.45) is 0. The second-order valence-corrected chi connectivity index (χ2v) is 8.75. The number of rotatable bonds is 2. The molecule has 0 aliphatic heterocycles. The Balaban J connectivity index is 1.75. The second-order valence-electron chi connectivity index (χ2n) is 8.75. The Labute approximate surface area is 201 Å². The van der Waals surface area contributed by atoms with Crippen LogP contribution in [0, 0.1) is 0 Å². The maximum atomic E-state index is 8.52. The Hall–Kier alpha value is -4.42. The van der Waals surface area contributed by atoms with Gasteiger partial charge in [0.15, 0.2) is 0 Å². The Bertz CT molecular complexity index is 1950. The van der Waals surface area contributed by atoms with Gasteiger partial charge < -0.3 is 0 Å². The summed E-state index contributed by atoms with van der Waals surface area (Å²) in [4.78, 5) is 0. The lowest BCUT2D eigenvalue weighted by atomic mass is 9.84. The van der Waals surface area contributed by atoms with Gasteiger partial charge >= 0.3 is 0 Å². The number of hydrogen-bond donors (Lipinski definition) is 0. The van der Waals surface area contributed by atoms with Crippen LogP contribution in [0.5, 0.6) is 0 Å². The van der Waals surface area contributed by atoms with Crippen LogP contribution in [0.2, 0.25) is 0 Å². The lowest BCUT2D eigenvalue weighted by Gasteiger charge is -2.19. The van der Waals surface area contributed by atoms with Crippen LogP contribution in [0.4, 0.5) is 0 Å². The van der Waals surface area contributed by atoms with Crippen LogP contribution >= 0.6 is 0 Å². The summed E-state index contributed by atoms with van der Waals surface area (Å²) in [6, 6.07) is 42.7. The van der Waals surface area contributed by atoms with E-state index in [2.05, 4.69) is 91.0 Å². The van der Waals surface area contributed by atoms with Crippen molar-refractivity contribution in [1.29, 1.82) is 0 Å². The summed E-state index contributed by atoms with van der Waals surface area (Å²) in [5, 5.41) is 9.17. The molecule has 0 spiro atoms. The fourth-order valence-corrected chi connectivity index (χ4v) is 5.47. The van der Waals surface area contributed by atoms with Crippen molar-refractivity contribution in [2.75, 3.05) is 0 Å². The summed E-state index contributed by atoms with van der Waals surface area (Å²) < 4.78 is 17.0. The zero-order chi connectivity index (χ0) is 24.2. The molecule has 7 rings (SSSR count). The van der Waals surface area contributed by atoms with E-state index in [4.69, 9.17) is 2.74 Å². The minimum Gasteiger partial charge on any atom is -0.0622 e. The van der Waals surface area contributed by atoms with Gasteiger partial charge in [0.2, 0.25) is 0 Å². The van der Waals surface area contributed by atoms with Gasteiger partial charge in [-0.25, -0.2) is 0 Å². The quantitative estimate of drug-likeness (QED) is 0.188. The molecule has 0 amide bonds. The lowest BCUT2D eigenvalue weighted by Crippen LogP contribution is -1.92. The highest BCUT2D eigenvalue weighted by molar-refractivity contribution is 6.25. The molecule has 0 fully saturated rings. The van der Waals surface area contributed by atoms with Crippen molar-refractivity contribution >= 4 is 43.1 Å². The van der Waals surface area contributed by atoms with Crippen LogP contribution in [0.15, 0.2) is 133 Å². The first-order chi connectivity index (χ1) is 17.7. The standard InChI is InChI=1S/C34H22/c1-2-12-23(13-3-1)33-28-18-8-10-20-30(28)34(31-21-11-9-19-29(31)33)32-22-24-14-4-5-15-25(24)26-16-6-7-17-27(26)32/h1-22H/i8D,11D. The first-order valence-corrected chi connectivity index (χ1v) is 11.6. The van der Waals surface area contributed by atoms with E-state index >= 15 is 0 Å². The molecular formula is C34H22.